The van der Waals surface area contributed by atoms with E-state index in [0.29, 0.717) is 48.2 Å². The lowest BCUT2D eigenvalue weighted by Gasteiger charge is -2.25. The van der Waals surface area contributed by atoms with Crippen molar-refractivity contribution < 1.29 is 32.6 Å². The van der Waals surface area contributed by atoms with Gasteiger partial charge >= 0.3 is 5.97 Å². The largest absolute Gasteiger partial charge is 0.484 e. The van der Waals surface area contributed by atoms with Crippen LogP contribution in [0.15, 0.2) is 90.3 Å². The molecule has 2 atom stereocenters. The Kier molecular flexibility index (Phi) is 8.72. The van der Waals surface area contributed by atoms with Crippen LogP contribution in [0.25, 0.3) is 0 Å². The molecule has 43 heavy (non-hydrogen) atoms. The zero-order valence-electron chi connectivity index (χ0n) is 23.5. The molecule has 222 valence electrons. The first-order valence-electron chi connectivity index (χ1n) is 13.8. The summed E-state index contributed by atoms with van der Waals surface area (Å²) in [6.45, 7) is 1.76. The fourth-order valence-electron chi connectivity index (χ4n) is 5.09. The van der Waals surface area contributed by atoms with Crippen LogP contribution in [0.1, 0.15) is 63.3 Å². The van der Waals surface area contributed by atoms with E-state index in [1.165, 1.54) is 31.2 Å². The number of aromatic nitrogens is 2. The Morgan fingerprint density at radius 3 is 2.47 bits per heavy atom. The number of nitrogens with one attached hydrogen (secondary N) is 1. The van der Waals surface area contributed by atoms with Crippen LogP contribution < -0.4 is 10.1 Å². The summed E-state index contributed by atoms with van der Waals surface area (Å²) in [5.74, 6) is -1.88. The lowest BCUT2D eigenvalue weighted by Crippen LogP contribution is -2.38. The topological polar surface area (TPSA) is 145 Å². The predicted octanol–water partition coefficient (Wildman–Crippen LogP) is 4.40. The first-order chi connectivity index (χ1) is 20.6. The Labute approximate surface area is 249 Å². The number of amides is 1. The van der Waals surface area contributed by atoms with E-state index < -0.39 is 39.6 Å². The summed E-state index contributed by atoms with van der Waals surface area (Å²) in [4.78, 5) is 40.4. The standard InChI is InChI=1S/C32H31N3O7S/c1-21(32(38)39)34-31(37)23-10-12-24(13-11-23)43(40,41)19-27-25-8-5-9-28(36)26(25)14-15-29(27)42-30(18-35-17-16-33-20-35)22-6-3-2-4-7-22/h2-4,6-7,10-17,20-21,30H,5,8-9,18-19H2,1H3,(H,34,37)(H,38,39)/t21-,30+/m0/s1. The van der Waals surface area contributed by atoms with Crippen molar-refractivity contribution in [1.29, 1.82) is 0 Å². The average molecular weight is 602 g/mol. The minimum absolute atomic E-state index is 0.0148. The molecule has 2 N–H and O–H groups in total. The van der Waals surface area contributed by atoms with Gasteiger partial charge in [-0.3, -0.25) is 14.4 Å². The number of benzene rings is 3. The van der Waals surface area contributed by atoms with Gasteiger partial charge < -0.3 is 19.7 Å². The van der Waals surface area contributed by atoms with Crippen molar-refractivity contribution in [3.05, 3.63) is 113 Å². The van der Waals surface area contributed by atoms with E-state index in [9.17, 15) is 22.8 Å². The van der Waals surface area contributed by atoms with Crippen LogP contribution in [0.4, 0.5) is 0 Å². The molecule has 0 spiro atoms. The predicted molar refractivity (Wildman–Crippen MR) is 158 cm³/mol. The van der Waals surface area contributed by atoms with Crippen LogP contribution in [-0.2, 0) is 33.4 Å². The number of Topliss-reactive ketones (excluding diaryl/α,β-unsaturated/α-hetero) is 1. The Morgan fingerprint density at radius 1 is 1.05 bits per heavy atom. The van der Waals surface area contributed by atoms with Gasteiger partial charge in [0.25, 0.3) is 5.91 Å². The fraction of sp³-hybridized carbons (Fsp3) is 0.250. The fourth-order valence-corrected chi connectivity index (χ4v) is 6.51. The third-order valence-corrected chi connectivity index (χ3v) is 9.08. The maximum Gasteiger partial charge on any atom is 0.325 e. The maximum atomic E-state index is 13.8. The van der Waals surface area contributed by atoms with E-state index in [2.05, 4.69) is 10.3 Å². The van der Waals surface area contributed by atoms with Gasteiger partial charge in [0.05, 0.1) is 23.5 Å². The van der Waals surface area contributed by atoms with Crippen molar-refractivity contribution in [3.8, 4) is 5.75 Å². The molecule has 1 heterocycles. The number of fused-ring (bicyclic) bond motifs is 1. The molecule has 0 aliphatic heterocycles. The Morgan fingerprint density at radius 2 is 1.79 bits per heavy atom. The van der Waals surface area contributed by atoms with Crippen LogP contribution >= 0.6 is 0 Å². The zero-order chi connectivity index (χ0) is 30.6. The normalized spacial score (nSPS) is 14.4. The van der Waals surface area contributed by atoms with Crippen molar-refractivity contribution >= 4 is 27.5 Å². The summed E-state index contributed by atoms with van der Waals surface area (Å²) in [5.41, 5.74) is 2.64. The first-order valence-corrected chi connectivity index (χ1v) is 15.5. The van der Waals surface area contributed by atoms with Gasteiger partial charge in [-0.25, -0.2) is 13.4 Å². The van der Waals surface area contributed by atoms with Gasteiger partial charge in [0.1, 0.15) is 17.9 Å². The highest BCUT2D eigenvalue weighted by atomic mass is 32.2. The van der Waals surface area contributed by atoms with Crippen LogP contribution in [0.2, 0.25) is 0 Å². The van der Waals surface area contributed by atoms with Gasteiger partial charge in [-0.05, 0) is 67.3 Å². The molecule has 1 amide bonds. The van der Waals surface area contributed by atoms with Crippen molar-refractivity contribution in [3.63, 3.8) is 0 Å². The molecule has 0 saturated carbocycles. The molecule has 0 saturated heterocycles. The number of hydrogen-bond acceptors (Lipinski definition) is 7. The number of carboxylic acid groups (broad SMARTS) is 1. The summed E-state index contributed by atoms with van der Waals surface area (Å²) < 4.78 is 36.0. The molecule has 3 aromatic carbocycles. The second kappa shape index (κ2) is 12.6. The number of imidazole rings is 1. The first kappa shape index (κ1) is 29.7. The molecule has 1 aliphatic carbocycles. The van der Waals surface area contributed by atoms with Crippen LogP contribution in [0.5, 0.6) is 5.75 Å². The monoisotopic (exact) mass is 601 g/mol. The Bertz CT molecular complexity index is 1740. The van der Waals surface area contributed by atoms with E-state index >= 15 is 0 Å². The lowest BCUT2D eigenvalue weighted by atomic mass is 9.87. The summed E-state index contributed by atoms with van der Waals surface area (Å²) in [7, 11) is -3.95. The van der Waals surface area contributed by atoms with Crippen LogP contribution in [0.3, 0.4) is 0 Å². The number of ketones is 1. The quantitative estimate of drug-likeness (QED) is 0.257. The summed E-state index contributed by atoms with van der Waals surface area (Å²) in [6, 6.07) is 17.2. The highest BCUT2D eigenvalue weighted by Gasteiger charge is 2.28. The molecule has 0 fully saturated rings. The highest BCUT2D eigenvalue weighted by Crippen LogP contribution is 2.36. The van der Waals surface area contributed by atoms with Crippen molar-refractivity contribution in [2.24, 2.45) is 0 Å². The highest BCUT2D eigenvalue weighted by molar-refractivity contribution is 7.90. The molecule has 0 radical (unpaired) electrons. The average Bonchev–Trinajstić information content (AvgIpc) is 3.51. The van der Waals surface area contributed by atoms with Crippen LogP contribution in [0, 0.1) is 0 Å². The molecule has 1 aliphatic rings. The van der Waals surface area contributed by atoms with Gasteiger partial charge in [-0.2, -0.15) is 0 Å². The second-order valence-corrected chi connectivity index (χ2v) is 12.4. The molecule has 5 rings (SSSR count). The van der Waals surface area contributed by atoms with E-state index in [1.807, 2.05) is 41.1 Å². The number of carbonyl (C=O) groups is 3. The molecular weight excluding hydrogens is 570 g/mol. The van der Waals surface area contributed by atoms with E-state index in [0.717, 1.165) is 5.56 Å². The third-order valence-electron chi connectivity index (χ3n) is 7.42. The minimum Gasteiger partial charge on any atom is -0.484 e. The maximum absolute atomic E-state index is 13.8. The van der Waals surface area contributed by atoms with Gasteiger partial charge in [-0.15, -0.1) is 0 Å². The molecule has 1 aromatic heterocycles. The van der Waals surface area contributed by atoms with E-state index in [1.54, 1.807) is 24.7 Å². The number of sulfone groups is 1. The summed E-state index contributed by atoms with van der Waals surface area (Å²) in [6.07, 6.45) is 6.26. The summed E-state index contributed by atoms with van der Waals surface area (Å²) >= 11 is 0. The molecular formula is C32H31N3O7S. The molecule has 11 heteroatoms. The number of nitrogens with zero attached hydrogens (tertiary/aromatic N) is 2. The second-order valence-electron chi connectivity index (χ2n) is 10.4. The molecule has 0 bridgehead atoms. The zero-order valence-corrected chi connectivity index (χ0v) is 24.3. The minimum atomic E-state index is -3.95. The molecule has 4 aromatic rings. The number of hydrogen-bond donors (Lipinski definition) is 2. The summed E-state index contributed by atoms with van der Waals surface area (Å²) in [5, 5.41) is 11.4. The van der Waals surface area contributed by atoms with Gasteiger partial charge in [0, 0.05) is 35.5 Å². The van der Waals surface area contributed by atoms with Crippen molar-refractivity contribution in [2.75, 3.05) is 0 Å². The number of aliphatic carboxylic acids is 1. The Hall–Kier alpha value is -4.77. The smallest absolute Gasteiger partial charge is 0.325 e. The number of rotatable bonds is 11. The third kappa shape index (κ3) is 6.83. The van der Waals surface area contributed by atoms with E-state index in [4.69, 9.17) is 9.84 Å². The van der Waals surface area contributed by atoms with E-state index in [-0.39, 0.29) is 16.2 Å². The molecule has 10 nitrogen and oxygen atoms in total. The Balaban J connectivity index is 1.48. The van der Waals surface area contributed by atoms with Crippen molar-refractivity contribution in [2.45, 2.75) is 55.5 Å². The van der Waals surface area contributed by atoms with Crippen LogP contribution in [-0.4, -0.2) is 46.8 Å². The number of carbonyl (C=O) groups excluding carboxylic acids is 2. The van der Waals surface area contributed by atoms with Gasteiger partial charge in [-0.1, -0.05) is 30.3 Å². The SMILES string of the molecule is C[C@H](NC(=O)c1ccc(S(=O)(=O)Cc2c(O[C@H](Cn3ccnc3)c3ccccc3)ccc3c2CCCC3=O)cc1)C(=O)O. The van der Waals surface area contributed by atoms with Crippen molar-refractivity contribution in [1.82, 2.24) is 14.9 Å². The van der Waals surface area contributed by atoms with Gasteiger partial charge in [0.2, 0.25) is 0 Å². The lowest BCUT2D eigenvalue weighted by molar-refractivity contribution is -0.138. The number of ether oxygens (including phenoxy) is 1. The molecule has 0 unspecified atom stereocenters. The van der Waals surface area contributed by atoms with Gasteiger partial charge in [0.15, 0.2) is 15.6 Å². The number of carboxylic acids is 1.